The first kappa shape index (κ1) is 7.40. The van der Waals surface area contributed by atoms with E-state index in [0.717, 1.165) is 0 Å². The monoisotopic (exact) mass is 144 g/mol. The molecular weight excluding hydrogens is 136 g/mol. The Balaban J connectivity index is 2.62. The highest BCUT2D eigenvalue weighted by Crippen LogP contribution is 2.05. The van der Waals surface area contributed by atoms with Crippen LogP contribution in [0.25, 0.3) is 0 Å². The van der Waals surface area contributed by atoms with Crippen molar-refractivity contribution in [3.63, 3.8) is 0 Å². The Labute approximate surface area is 57.7 Å². The molecule has 1 heterocycles. The lowest BCUT2D eigenvalue weighted by Crippen LogP contribution is -2.34. The molecule has 1 aliphatic rings. The van der Waals surface area contributed by atoms with E-state index in [1.165, 1.54) is 12.2 Å². The number of carbonyl (C=O) groups excluding carboxylic acids is 1. The van der Waals surface area contributed by atoms with E-state index in [9.17, 15) is 4.79 Å². The molecule has 2 N–H and O–H groups in total. The van der Waals surface area contributed by atoms with Gasteiger partial charge in [-0.2, -0.15) is 0 Å². The minimum atomic E-state index is -1.06. The summed E-state index contributed by atoms with van der Waals surface area (Å²) in [6, 6.07) is 0. The van der Waals surface area contributed by atoms with E-state index in [0.29, 0.717) is 0 Å². The van der Waals surface area contributed by atoms with Crippen molar-refractivity contribution in [1.29, 1.82) is 0 Å². The van der Waals surface area contributed by atoms with Gasteiger partial charge in [0, 0.05) is 0 Å². The van der Waals surface area contributed by atoms with Gasteiger partial charge in [-0.25, -0.2) is 0 Å². The van der Waals surface area contributed by atoms with Crippen LogP contribution in [0.5, 0.6) is 0 Å². The molecule has 0 spiro atoms. The Morgan fingerprint density at radius 3 is 2.90 bits per heavy atom. The third-order valence-electron chi connectivity index (χ3n) is 1.21. The zero-order valence-electron chi connectivity index (χ0n) is 5.23. The summed E-state index contributed by atoms with van der Waals surface area (Å²) in [7, 11) is 0. The van der Waals surface area contributed by atoms with E-state index >= 15 is 0 Å². The van der Waals surface area contributed by atoms with Crippen LogP contribution in [0.15, 0.2) is 12.2 Å². The SMILES string of the molecule is O=C1C=CC(O)O[C@H]1CO. The maximum absolute atomic E-state index is 10.7. The van der Waals surface area contributed by atoms with Crippen molar-refractivity contribution in [2.24, 2.45) is 0 Å². The van der Waals surface area contributed by atoms with Gasteiger partial charge in [-0.05, 0) is 12.2 Å². The molecule has 56 valence electrons. The van der Waals surface area contributed by atoms with Crippen LogP contribution in [0.3, 0.4) is 0 Å². The number of rotatable bonds is 1. The number of ketones is 1. The summed E-state index contributed by atoms with van der Waals surface area (Å²) in [4.78, 5) is 10.7. The summed E-state index contributed by atoms with van der Waals surface area (Å²) in [6.07, 6.45) is 0.485. The summed E-state index contributed by atoms with van der Waals surface area (Å²) in [6.45, 7) is -0.389. The van der Waals surface area contributed by atoms with E-state index < -0.39 is 12.4 Å². The molecule has 1 unspecified atom stereocenters. The topological polar surface area (TPSA) is 66.8 Å². The average Bonchev–Trinajstić information content (AvgIpc) is 1.94. The van der Waals surface area contributed by atoms with Crippen molar-refractivity contribution in [2.75, 3.05) is 6.61 Å². The molecule has 2 atom stereocenters. The zero-order chi connectivity index (χ0) is 7.56. The lowest BCUT2D eigenvalue weighted by atomic mass is 10.2. The molecule has 1 rings (SSSR count). The van der Waals surface area contributed by atoms with Crippen molar-refractivity contribution in [1.82, 2.24) is 0 Å². The molecule has 0 aliphatic carbocycles. The predicted molar refractivity (Wildman–Crippen MR) is 32.1 cm³/mol. The molecule has 4 heteroatoms. The highest BCUT2D eigenvalue weighted by atomic mass is 16.6. The number of carbonyl (C=O) groups is 1. The second kappa shape index (κ2) is 2.92. The molecule has 0 aromatic rings. The largest absolute Gasteiger partial charge is 0.393 e. The van der Waals surface area contributed by atoms with Crippen LogP contribution >= 0.6 is 0 Å². The predicted octanol–water partition coefficient (Wildman–Crippen LogP) is -1.18. The van der Waals surface area contributed by atoms with Crippen LogP contribution in [0, 0.1) is 0 Å². The second-order valence-electron chi connectivity index (χ2n) is 1.96. The average molecular weight is 144 g/mol. The summed E-state index contributed by atoms with van der Waals surface area (Å²) < 4.78 is 4.62. The third kappa shape index (κ3) is 1.41. The number of hydrogen-bond acceptors (Lipinski definition) is 4. The van der Waals surface area contributed by atoms with Crippen LogP contribution in [0.2, 0.25) is 0 Å². The van der Waals surface area contributed by atoms with E-state index in [1.54, 1.807) is 0 Å². The van der Waals surface area contributed by atoms with E-state index in [1.807, 2.05) is 0 Å². The van der Waals surface area contributed by atoms with Crippen LogP contribution in [0.1, 0.15) is 0 Å². The first-order chi connectivity index (χ1) is 4.74. The normalized spacial score (nSPS) is 32.8. The fourth-order valence-corrected chi connectivity index (χ4v) is 0.698. The molecule has 0 saturated carbocycles. The van der Waals surface area contributed by atoms with Gasteiger partial charge in [0.05, 0.1) is 6.61 Å². The second-order valence-corrected chi connectivity index (χ2v) is 1.96. The fraction of sp³-hybridized carbons (Fsp3) is 0.500. The molecule has 4 nitrogen and oxygen atoms in total. The molecule has 0 aromatic carbocycles. The van der Waals surface area contributed by atoms with Gasteiger partial charge in [0.1, 0.15) is 6.10 Å². The van der Waals surface area contributed by atoms with Gasteiger partial charge in [-0.15, -0.1) is 0 Å². The van der Waals surface area contributed by atoms with Crippen LogP contribution < -0.4 is 0 Å². The molecule has 0 fully saturated rings. The van der Waals surface area contributed by atoms with Crippen molar-refractivity contribution in [2.45, 2.75) is 12.4 Å². The summed E-state index contributed by atoms with van der Waals surface area (Å²) in [5, 5.41) is 17.2. The minimum absolute atomic E-state index is 0.312. The lowest BCUT2D eigenvalue weighted by molar-refractivity contribution is -0.153. The number of aliphatic hydroxyl groups excluding tert-OH is 2. The summed E-state index contributed by atoms with van der Waals surface area (Å²) in [5.74, 6) is -0.312. The van der Waals surface area contributed by atoms with Gasteiger partial charge in [0.2, 0.25) is 0 Å². The van der Waals surface area contributed by atoms with Gasteiger partial charge < -0.3 is 14.9 Å². The minimum Gasteiger partial charge on any atom is -0.393 e. The molecule has 0 radical (unpaired) electrons. The molecule has 0 aromatic heterocycles. The number of ether oxygens (including phenoxy) is 1. The van der Waals surface area contributed by atoms with Crippen LogP contribution in [-0.4, -0.2) is 35.0 Å². The van der Waals surface area contributed by atoms with Gasteiger partial charge in [0.25, 0.3) is 0 Å². The maximum Gasteiger partial charge on any atom is 0.186 e. The Morgan fingerprint density at radius 1 is 1.70 bits per heavy atom. The standard InChI is InChI=1S/C6H8O4/c7-3-5-4(8)1-2-6(9)10-5/h1-2,5-7,9H,3H2/t5-,6?/m0/s1. The highest BCUT2D eigenvalue weighted by molar-refractivity contribution is 5.94. The first-order valence-corrected chi connectivity index (χ1v) is 2.90. The maximum atomic E-state index is 10.7. The van der Waals surface area contributed by atoms with Crippen molar-refractivity contribution >= 4 is 5.78 Å². The number of hydrogen-bond donors (Lipinski definition) is 2. The highest BCUT2D eigenvalue weighted by Gasteiger charge is 2.22. The van der Waals surface area contributed by atoms with Gasteiger partial charge in [0.15, 0.2) is 12.1 Å². The molecular formula is C6H8O4. The Kier molecular flexibility index (Phi) is 2.16. The molecule has 1 aliphatic heterocycles. The van der Waals surface area contributed by atoms with Crippen LogP contribution in [0.4, 0.5) is 0 Å². The fourth-order valence-electron chi connectivity index (χ4n) is 0.698. The van der Waals surface area contributed by atoms with E-state index in [2.05, 4.69) is 4.74 Å². The lowest BCUT2D eigenvalue weighted by Gasteiger charge is -2.18. The smallest absolute Gasteiger partial charge is 0.186 e. The summed E-state index contributed by atoms with van der Waals surface area (Å²) in [5.41, 5.74) is 0. The number of aliphatic hydroxyl groups is 2. The van der Waals surface area contributed by atoms with E-state index in [-0.39, 0.29) is 12.4 Å². The molecule has 0 saturated heterocycles. The van der Waals surface area contributed by atoms with Gasteiger partial charge in [-0.3, -0.25) is 4.79 Å². The van der Waals surface area contributed by atoms with Crippen molar-refractivity contribution in [3.05, 3.63) is 12.2 Å². The summed E-state index contributed by atoms with van der Waals surface area (Å²) >= 11 is 0. The molecule has 0 amide bonds. The third-order valence-corrected chi connectivity index (χ3v) is 1.21. The quantitative estimate of drug-likeness (QED) is 0.486. The zero-order valence-corrected chi connectivity index (χ0v) is 5.23. The molecule has 0 bridgehead atoms. The van der Waals surface area contributed by atoms with Gasteiger partial charge in [-0.1, -0.05) is 0 Å². The Hall–Kier alpha value is -0.710. The van der Waals surface area contributed by atoms with Crippen molar-refractivity contribution < 1.29 is 19.7 Å². The van der Waals surface area contributed by atoms with Gasteiger partial charge >= 0.3 is 0 Å². The van der Waals surface area contributed by atoms with E-state index in [4.69, 9.17) is 10.2 Å². The first-order valence-electron chi connectivity index (χ1n) is 2.90. The van der Waals surface area contributed by atoms with Crippen molar-refractivity contribution in [3.8, 4) is 0 Å². The Morgan fingerprint density at radius 2 is 2.40 bits per heavy atom. The Bertz CT molecular complexity index is 163. The molecule has 10 heavy (non-hydrogen) atoms. The van der Waals surface area contributed by atoms with Crippen LogP contribution in [-0.2, 0) is 9.53 Å².